The first kappa shape index (κ1) is 12.7. The number of carbonyl (C=O) groups is 1. The average molecular weight is 224 g/mol. The summed E-state index contributed by atoms with van der Waals surface area (Å²) in [6.07, 6.45) is 3.73. The molecule has 1 amide bonds. The number of rotatable bonds is 6. The van der Waals surface area contributed by atoms with Gasteiger partial charge in [-0.3, -0.25) is 9.48 Å². The third-order valence-electron chi connectivity index (χ3n) is 2.65. The number of nitrogens with one attached hydrogen (secondary N) is 1. The van der Waals surface area contributed by atoms with Crippen molar-refractivity contribution in [3.05, 3.63) is 18.0 Å². The van der Waals surface area contributed by atoms with Crippen molar-refractivity contribution in [1.82, 2.24) is 15.1 Å². The Kier molecular flexibility index (Phi) is 4.98. The van der Waals surface area contributed by atoms with E-state index in [1.54, 1.807) is 24.0 Å². The molecule has 0 aliphatic heterocycles. The number of hydrogen-bond donors (Lipinski definition) is 2. The van der Waals surface area contributed by atoms with Crippen LogP contribution in [0.4, 0.5) is 0 Å². The Bertz CT molecular complexity index is 334. The van der Waals surface area contributed by atoms with Crippen molar-refractivity contribution < 1.29 is 4.79 Å². The molecule has 0 radical (unpaired) electrons. The molecule has 0 fully saturated rings. The lowest BCUT2D eigenvalue weighted by molar-refractivity contribution is 0.0940. The van der Waals surface area contributed by atoms with Crippen molar-refractivity contribution in [3.8, 4) is 0 Å². The molecule has 90 valence electrons. The number of hydrogen-bond acceptors (Lipinski definition) is 3. The Labute approximate surface area is 96.0 Å². The molecule has 0 saturated heterocycles. The summed E-state index contributed by atoms with van der Waals surface area (Å²) in [7, 11) is 1.79. The van der Waals surface area contributed by atoms with Gasteiger partial charge in [-0.15, -0.1) is 0 Å². The third-order valence-corrected chi connectivity index (χ3v) is 2.65. The first-order valence-corrected chi connectivity index (χ1v) is 5.65. The van der Waals surface area contributed by atoms with Crippen LogP contribution in [0.5, 0.6) is 0 Å². The smallest absolute Gasteiger partial charge is 0.271 e. The van der Waals surface area contributed by atoms with Gasteiger partial charge in [0.05, 0.1) is 0 Å². The molecule has 3 N–H and O–H groups in total. The maximum absolute atomic E-state index is 11.7. The van der Waals surface area contributed by atoms with Crippen LogP contribution in [0.3, 0.4) is 0 Å². The zero-order valence-electron chi connectivity index (χ0n) is 9.94. The Hall–Kier alpha value is -1.36. The molecule has 16 heavy (non-hydrogen) atoms. The SMILES string of the molecule is CCC(CCN)CNC(=O)c1ccn(C)n1. The van der Waals surface area contributed by atoms with Crippen LogP contribution in [0, 0.1) is 5.92 Å². The maximum atomic E-state index is 11.7. The van der Waals surface area contributed by atoms with Gasteiger partial charge < -0.3 is 11.1 Å². The first-order valence-electron chi connectivity index (χ1n) is 5.65. The second kappa shape index (κ2) is 6.27. The average Bonchev–Trinajstić information content (AvgIpc) is 2.70. The lowest BCUT2D eigenvalue weighted by Gasteiger charge is -2.13. The minimum Gasteiger partial charge on any atom is -0.350 e. The predicted octanol–water partition coefficient (Wildman–Crippen LogP) is 0.525. The summed E-state index contributed by atoms with van der Waals surface area (Å²) in [5, 5.41) is 6.92. The van der Waals surface area contributed by atoms with Crippen LogP contribution in [0.25, 0.3) is 0 Å². The molecule has 5 nitrogen and oxygen atoms in total. The van der Waals surface area contributed by atoms with Gasteiger partial charge in [-0.05, 0) is 24.9 Å². The Morgan fingerprint density at radius 3 is 2.94 bits per heavy atom. The van der Waals surface area contributed by atoms with E-state index >= 15 is 0 Å². The fourth-order valence-corrected chi connectivity index (χ4v) is 1.55. The molecular formula is C11H20N4O. The van der Waals surface area contributed by atoms with E-state index in [2.05, 4.69) is 17.3 Å². The lowest BCUT2D eigenvalue weighted by atomic mass is 10.0. The van der Waals surface area contributed by atoms with Gasteiger partial charge in [-0.25, -0.2) is 0 Å². The number of aryl methyl sites for hydroxylation is 1. The normalized spacial score (nSPS) is 12.4. The fourth-order valence-electron chi connectivity index (χ4n) is 1.55. The number of amides is 1. The minimum absolute atomic E-state index is 0.115. The van der Waals surface area contributed by atoms with Gasteiger partial charge in [-0.1, -0.05) is 13.3 Å². The van der Waals surface area contributed by atoms with Crippen molar-refractivity contribution in [2.45, 2.75) is 19.8 Å². The summed E-state index contributed by atoms with van der Waals surface area (Å²) in [5.41, 5.74) is 5.96. The van der Waals surface area contributed by atoms with Crippen molar-refractivity contribution in [1.29, 1.82) is 0 Å². The number of nitrogens with two attached hydrogens (primary N) is 1. The van der Waals surface area contributed by atoms with E-state index in [0.29, 0.717) is 24.7 Å². The van der Waals surface area contributed by atoms with Crippen LogP contribution in [-0.2, 0) is 7.05 Å². The zero-order valence-corrected chi connectivity index (χ0v) is 9.94. The third kappa shape index (κ3) is 3.66. The van der Waals surface area contributed by atoms with Gasteiger partial charge in [-0.2, -0.15) is 5.10 Å². The number of carbonyl (C=O) groups excluding carboxylic acids is 1. The topological polar surface area (TPSA) is 72.9 Å². The molecule has 0 aliphatic carbocycles. The van der Waals surface area contributed by atoms with Crippen molar-refractivity contribution >= 4 is 5.91 Å². The van der Waals surface area contributed by atoms with E-state index in [9.17, 15) is 4.79 Å². The summed E-state index contributed by atoms with van der Waals surface area (Å²) in [5.74, 6) is 0.341. The highest BCUT2D eigenvalue weighted by atomic mass is 16.1. The number of nitrogens with zero attached hydrogens (tertiary/aromatic N) is 2. The van der Waals surface area contributed by atoms with Crippen LogP contribution >= 0.6 is 0 Å². The Balaban J connectivity index is 2.40. The van der Waals surface area contributed by atoms with Gasteiger partial charge in [0.2, 0.25) is 0 Å². The van der Waals surface area contributed by atoms with Gasteiger partial charge in [0.1, 0.15) is 5.69 Å². The molecule has 1 aromatic rings. The second-order valence-electron chi connectivity index (χ2n) is 3.94. The van der Waals surface area contributed by atoms with Crippen LogP contribution in [0.1, 0.15) is 30.3 Å². The molecule has 1 heterocycles. The van der Waals surface area contributed by atoms with Crippen LogP contribution < -0.4 is 11.1 Å². The van der Waals surface area contributed by atoms with Crippen molar-refractivity contribution in [3.63, 3.8) is 0 Å². The van der Waals surface area contributed by atoms with Gasteiger partial charge in [0, 0.05) is 19.8 Å². The summed E-state index contributed by atoms with van der Waals surface area (Å²) >= 11 is 0. The summed E-state index contributed by atoms with van der Waals surface area (Å²) in [4.78, 5) is 11.7. The van der Waals surface area contributed by atoms with Crippen molar-refractivity contribution in [2.24, 2.45) is 18.7 Å². The quantitative estimate of drug-likeness (QED) is 0.740. The number of aromatic nitrogens is 2. The molecule has 5 heteroatoms. The molecule has 0 aromatic carbocycles. The van der Waals surface area contributed by atoms with Gasteiger partial charge in [0.15, 0.2) is 0 Å². The van der Waals surface area contributed by atoms with Gasteiger partial charge in [0.25, 0.3) is 5.91 Å². The van der Waals surface area contributed by atoms with E-state index in [-0.39, 0.29) is 5.91 Å². The van der Waals surface area contributed by atoms with Crippen LogP contribution in [-0.4, -0.2) is 28.8 Å². The summed E-state index contributed by atoms with van der Waals surface area (Å²) in [6, 6.07) is 1.71. The Morgan fingerprint density at radius 1 is 1.69 bits per heavy atom. The molecule has 1 unspecified atom stereocenters. The predicted molar refractivity (Wildman–Crippen MR) is 63.0 cm³/mol. The molecule has 1 aromatic heterocycles. The van der Waals surface area contributed by atoms with E-state index in [0.717, 1.165) is 12.8 Å². The zero-order chi connectivity index (χ0) is 12.0. The molecular weight excluding hydrogens is 204 g/mol. The van der Waals surface area contributed by atoms with Gasteiger partial charge >= 0.3 is 0 Å². The summed E-state index contributed by atoms with van der Waals surface area (Å²) < 4.78 is 1.62. The largest absolute Gasteiger partial charge is 0.350 e. The highest BCUT2D eigenvalue weighted by molar-refractivity contribution is 5.92. The van der Waals surface area contributed by atoms with E-state index in [1.807, 2.05) is 0 Å². The maximum Gasteiger partial charge on any atom is 0.271 e. The molecule has 1 rings (SSSR count). The summed E-state index contributed by atoms with van der Waals surface area (Å²) in [6.45, 7) is 3.44. The molecule has 0 bridgehead atoms. The first-order chi connectivity index (χ1) is 7.67. The van der Waals surface area contributed by atoms with E-state index in [4.69, 9.17) is 5.73 Å². The molecule has 0 saturated carbocycles. The van der Waals surface area contributed by atoms with Crippen LogP contribution in [0.2, 0.25) is 0 Å². The van der Waals surface area contributed by atoms with Crippen LogP contribution in [0.15, 0.2) is 12.3 Å². The lowest BCUT2D eigenvalue weighted by Crippen LogP contribution is -2.30. The Morgan fingerprint density at radius 2 is 2.44 bits per heavy atom. The minimum atomic E-state index is -0.115. The fraction of sp³-hybridized carbons (Fsp3) is 0.636. The molecule has 0 aliphatic rings. The highest BCUT2D eigenvalue weighted by Crippen LogP contribution is 2.05. The second-order valence-corrected chi connectivity index (χ2v) is 3.94. The monoisotopic (exact) mass is 224 g/mol. The molecule has 0 spiro atoms. The van der Waals surface area contributed by atoms with Crippen molar-refractivity contribution in [2.75, 3.05) is 13.1 Å². The molecule has 1 atom stereocenters. The van der Waals surface area contributed by atoms with E-state index in [1.165, 1.54) is 0 Å². The van der Waals surface area contributed by atoms with E-state index < -0.39 is 0 Å². The highest BCUT2D eigenvalue weighted by Gasteiger charge is 2.11. The standard InChI is InChI=1S/C11H20N4O/c1-3-9(4-6-12)8-13-11(16)10-5-7-15(2)14-10/h5,7,9H,3-4,6,8,12H2,1-2H3,(H,13,16).